The van der Waals surface area contributed by atoms with Crippen molar-refractivity contribution in [3.05, 3.63) is 35.6 Å². The number of amides is 5. The van der Waals surface area contributed by atoms with Crippen LogP contribution in [0.15, 0.2) is 24.3 Å². The molecule has 29 heavy (non-hydrogen) atoms. The monoisotopic (exact) mass is 408 g/mol. The molecule has 1 aromatic carbocycles. The van der Waals surface area contributed by atoms with Gasteiger partial charge in [0.25, 0.3) is 17.7 Å². The number of halogens is 1. The summed E-state index contributed by atoms with van der Waals surface area (Å²) in [5.74, 6) is -4.07. The van der Waals surface area contributed by atoms with Crippen LogP contribution in [-0.4, -0.2) is 53.3 Å². The summed E-state index contributed by atoms with van der Waals surface area (Å²) >= 11 is 0. The van der Waals surface area contributed by atoms with Crippen molar-refractivity contribution in [3.8, 4) is 0 Å². The highest BCUT2D eigenvalue weighted by Gasteiger charge is 2.49. The summed E-state index contributed by atoms with van der Waals surface area (Å²) in [7, 11) is 0. The van der Waals surface area contributed by atoms with Crippen LogP contribution >= 0.6 is 0 Å². The third kappa shape index (κ3) is 4.86. The standard InChI is InChI=1S/C18H21FN4O6/c1-3-18(4-2)16(27)23(17(28)20-18)9-14(25)29-10-13(24)21-22-15(26)11-7-5-6-8-12(11)19/h5-8H,3-4,9-10H2,1-2H3,(H,20,28)(H,21,24)(H,22,26). The number of esters is 1. The number of benzene rings is 1. The van der Waals surface area contributed by atoms with Crippen LogP contribution in [0.4, 0.5) is 9.18 Å². The number of hydrogen-bond acceptors (Lipinski definition) is 6. The van der Waals surface area contributed by atoms with Gasteiger partial charge in [-0.25, -0.2) is 9.18 Å². The zero-order valence-electron chi connectivity index (χ0n) is 15.9. The fourth-order valence-corrected chi connectivity index (χ4v) is 2.75. The summed E-state index contributed by atoms with van der Waals surface area (Å²) in [5.41, 5.74) is 2.61. The molecule has 11 heteroatoms. The molecule has 1 aliphatic heterocycles. The van der Waals surface area contributed by atoms with Gasteiger partial charge in [-0.15, -0.1) is 0 Å². The van der Waals surface area contributed by atoms with Crippen molar-refractivity contribution in [1.29, 1.82) is 0 Å². The van der Waals surface area contributed by atoms with Gasteiger partial charge >= 0.3 is 12.0 Å². The molecule has 1 aromatic rings. The van der Waals surface area contributed by atoms with Crippen LogP contribution in [0.1, 0.15) is 37.0 Å². The van der Waals surface area contributed by atoms with Gasteiger partial charge in [-0.05, 0) is 25.0 Å². The largest absolute Gasteiger partial charge is 0.454 e. The van der Waals surface area contributed by atoms with Crippen molar-refractivity contribution >= 4 is 29.7 Å². The molecule has 0 atom stereocenters. The van der Waals surface area contributed by atoms with Crippen LogP contribution in [0, 0.1) is 5.82 Å². The van der Waals surface area contributed by atoms with E-state index < -0.39 is 54.2 Å². The van der Waals surface area contributed by atoms with Crippen molar-refractivity contribution in [2.75, 3.05) is 13.2 Å². The van der Waals surface area contributed by atoms with Crippen molar-refractivity contribution in [1.82, 2.24) is 21.1 Å². The molecule has 1 heterocycles. The first kappa shape index (κ1) is 21.8. The van der Waals surface area contributed by atoms with Gasteiger partial charge in [0.1, 0.15) is 17.9 Å². The van der Waals surface area contributed by atoms with Crippen LogP contribution < -0.4 is 16.2 Å². The lowest BCUT2D eigenvalue weighted by Crippen LogP contribution is -2.46. The molecule has 3 N–H and O–H groups in total. The molecule has 1 saturated heterocycles. The molecular weight excluding hydrogens is 387 g/mol. The summed E-state index contributed by atoms with van der Waals surface area (Å²) in [6.07, 6.45) is 0.730. The van der Waals surface area contributed by atoms with Gasteiger partial charge in [-0.3, -0.25) is 34.9 Å². The highest BCUT2D eigenvalue weighted by atomic mass is 19.1. The van der Waals surface area contributed by atoms with E-state index in [1.165, 1.54) is 18.2 Å². The van der Waals surface area contributed by atoms with Gasteiger partial charge in [0.2, 0.25) is 0 Å². The average Bonchev–Trinajstić information content (AvgIpc) is 2.95. The Balaban J connectivity index is 1.80. The Morgan fingerprint density at radius 2 is 1.79 bits per heavy atom. The SMILES string of the molecule is CCC1(CC)NC(=O)N(CC(=O)OCC(=O)NNC(=O)c2ccccc2F)C1=O. The number of carbonyl (C=O) groups excluding carboxylic acids is 5. The number of ether oxygens (including phenoxy) is 1. The van der Waals surface area contributed by atoms with Crippen molar-refractivity contribution in [2.45, 2.75) is 32.2 Å². The molecule has 10 nitrogen and oxygen atoms in total. The molecule has 0 unspecified atom stereocenters. The Labute approximate surface area is 165 Å². The Morgan fingerprint density at radius 1 is 1.14 bits per heavy atom. The quantitative estimate of drug-likeness (QED) is 0.336. The second-order valence-corrected chi connectivity index (χ2v) is 6.25. The first-order chi connectivity index (χ1) is 13.7. The van der Waals surface area contributed by atoms with Crippen molar-refractivity contribution < 1.29 is 33.1 Å². The third-order valence-electron chi connectivity index (χ3n) is 4.54. The van der Waals surface area contributed by atoms with Crippen molar-refractivity contribution in [3.63, 3.8) is 0 Å². The minimum Gasteiger partial charge on any atom is -0.454 e. The molecule has 1 fully saturated rings. The lowest BCUT2D eigenvalue weighted by atomic mass is 9.93. The number of hydrogen-bond donors (Lipinski definition) is 3. The maximum atomic E-state index is 13.5. The molecule has 0 radical (unpaired) electrons. The molecule has 2 rings (SSSR count). The van der Waals surface area contributed by atoms with E-state index in [9.17, 15) is 28.4 Å². The van der Waals surface area contributed by atoms with E-state index >= 15 is 0 Å². The number of hydrazine groups is 1. The fraction of sp³-hybridized carbons (Fsp3) is 0.389. The minimum absolute atomic E-state index is 0.279. The summed E-state index contributed by atoms with van der Waals surface area (Å²) in [4.78, 5) is 60.4. The maximum Gasteiger partial charge on any atom is 0.326 e. The van der Waals surface area contributed by atoms with E-state index in [-0.39, 0.29) is 5.56 Å². The molecule has 5 amide bonds. The normalized spacial score (nSPS) is 14.9. The summed E-state index contributed by atoms with van der Waals surface area (Å²) in [5, 5.41) is 2.56. The number of carbonyl (C=O) groups is 5. The van der Waals surface area contributed by atoms with Crippen LogP contribution in [0.2, 0.25) is 0 Å². The first-order valence-corrected chi connectivity index (χ1v) is 8.87. The van der Waals surface area contributed by atoms with Gasteiger partial charge in [-0.1, -0.05) is 26.0 Å². The third-order valence-corrected chi connectivity index (χ3v) is 4.54. The van der Waals surface area contributed by atoms with Gasteiger partial charge in [-0.2, -0.15) is 0 Å². The predicted octanol–water partition coefficient (Wildman–Crippen LogP) is 0.241. The average molecular weight is 408 g/mol. The van der Waals surface area contributed by atoms with E-state index in [1.807, 2.05) is 10.9 Å². The molecule has 0 aromatic heterocycles. The van der Waals surface area contributed by atoms with E-state index in [0.717, 1.165) is 11.0 Å². The van der Waals surface area contributed by atoms with Gasteiger partial charge in [0.15, 0.2) is 6.61 Å². The smallest absolute Gasteiger partial charge is 0.326 e. The number of urea groups is 1. The molecule has 0 spiro atoms. The zero-order valence-corrected chi connectivity index (χ0v) is 15.9. The number of imide groups is 1. The molecule has 1 aliphatic rings. The Morgan fingerprint density at radius 3 is 2.38 bits per heavy atom. The van der Waals surface area contributed by atoms with Crippen molar-refractivity contribution in [2.24, 2.45) is 0 Å². The number of nitrogens with one attached hydrogen (secondary N) is 3. The van der Waals surface area contributed by atoms with Crippen LogP contribution in [-0.2, 0) is 19.1 Å². The highest BCUT2D eigenvalue weighted by molar-refractivity contribution is 6.08. The van der Waals surface area contributed by atoms with Gasteiger partial charge < -0.3 is 10.1 Å². The van der Waals surface area contributed by atoms with E-state index in [1.54, 1.807) is 13.8 Å². The summed E-state index contributed by atoms with van der Waals surface area (Å²) < 4.78 is 18.2. The lowest BCUT2D eigenvalue weighted by Gasteiger charge is -2.22. The maximum absolute atomic E-state index is 13.5. The predicted molar refractivity (Wildman–Crippen MR) is 96.5 cm³/mol. The topological polar surface area (TPSA) is 134 Å². The van der Waals surface area contributed by atoms with E-state index in [2.05, 4.69) is 5.32 Å². The lowest BCUT2D eigenvalue weighted by molar-refractivity contribution is -0.151. The van der Waals surface area contributed by atoms with Crippen LogP contribution in [0.5, 0.6) is 0 Å². The van der Waals surface area contributed by atoms with E-state index in [4.69, 9.17) is 4.74 Å². The van der Waals surface area contributed by atoms with E-state index in [0.29, 0.717) is 12.8 Å². The summed E-state index contributed by atoms with van der Waals surface area (Å²) in [6.45, 7) is 2.06. The molecule has 0 bridgehead atoms. The fourth-order valence-electron chi connectivity index (χ4n) is 2.75. The molecule has 0 saturated carbocycles. The summed E-state index contributed by atoms with van der Waals surface area (Å²) in [6, 6.07) is 4.45. The van der Waals surface area contributed by atoms with Gasteiger partial charge in [0.05, 0.1) is 5.56 Å². The zero-order chi connectivity index (χ0) is 21.6. The number of rotatable bonds is 7. The Bertz CT molecular complexity index is 839. The first-order valence-electron chi connectivity index (χ1n) is 8.87. The van der Waals surface area contributed by atoms with Crippen LogP contribution in [0.25, 0.3) is 0 Å². The number of nitrogens with zero attached hydrogens (tertiary/aromatic N) is 1. The molecular formula is C18H21FN4O6. The minimum atomic E-state index is -1.05. The van der Waals surface area contributed by atoms with Crippen LogP contribution in [0.3, 0.4) is 0 Å². The molecule has 0 aliphatic carbocycles. The molecule has 156 valence electrons. The Kier molecular flexibility index (Phi) is 6.86. The Hall–Kier alpha value is -3.50. The van der Waals surface area contributed by atoms with Gasteiger partial charge in [0, 0.05) is 0 Å². The highest BCUT2D eigenvalue weighted by Crippen LogP contribution is 2.24. The second-order valence-electron chi connectivity index (χ2n) is 6.25. The second kappa shape index (κ2) is 9.13.